The van der Waals surface area contributed by atoms with Crippen LogP contribution in [-0.4, -0.2) is 165 Å². The van der Waals surface area contributed by atoms with E-state index < -0.39 is 0 Å². The quantitative estimate of drug-likeness (QED) is 0.0141. The van der Waals surface area contributed by atoms with Crippen molar-refractivity contribution in [2.75, 3.05) is 84.2 Å². The number of imidazole rings is 2. The Balaban J connectivity index is 0.000000334. The Bertz CT molecular complexity index is 4500. The molecule has 0 bridgehead atoms. The van der Waals surface area contributed by atoms with Crippen LogP contribution in [0.15, 0.2) is 118 Å². The molecule has 9 aromatic rings. The van der Waals surface area contributed by atoms with Gasteiger partial charge in [-0.3, -0.25) is 38.9 Å². The minimum atomic E-state index is -0.312. The van der Waals surface area contributed by atoms with Crippen LogP contribution in [-0.2, 0) is 40.4 Å². The SMILES string of the molecule is C1CCOC1.Cl.NO.O=Cc1ccc(Cl)c(Cl)c1.O=c1[nH]c(Cl)nc2ncn(CCN3CCOCC3)c12.[2H]c1cc(Cl)c(Cl)c([2H])c1/C=N/O.[2H]c1cc(Cl)c(Cl)c([2H])c1C=O.[2H]c1cc(Cl)c(Cl)c([2H])c1CN.[2H]c1cc(Cl)c(Cl)c([2H])c1CNc1nc2ncn(CCN3CCOCC3)c2c(=O)[nH]1.[B]. The number of nitrogens with two attached hydrogens (primary N) is 2. The predicted octanol–water partition coefficient (Wildman–Crippen LogP) is 13.5. The molecule has 23 nitrogen and oxygen atoms in total. The number of hydrogen-bond acceptors (Lipinski definition) is 19. The maximum Gasteiger partial charge on any atom is 0.278 e. The molecular weight excluding hydrogens is 1510 g/mol. The number of ether oxygens (including phenoxy) is 3. The van der Waals surface area contributed by atoms with E-state index in [0.29, 0.717) is 68.4 Å². The topological polar surface area (TPSA) is 312 Å². The smallest absolute Gasteiger partial charge is 0.278 e. The van der Waals surface area contributed by atoms with E-state index in [2.05, 4.69) is 56.1 Å². The number of carbonyl (C=O) groups excluding carboxylic acids is 2. The number of morpholine rings is 2. The third-order valence-electron chi connectivity index (χ3n) is 12.6. The number of rotatable bonds is 13. The number of carbonyl (C=O) groups is 2. The molecule has 0 unspecified atom stereocenters. The van der Waals surface area contributed by atoms with Gasteiger partial charge < -0.3 is 44.8 Å². The van der Waals surface area contributed by atoms with Crippen LogP contribution in [0.5, 0.6) is 0 Å². The molecule has 36 heteroatoms. The van der Waals surface area contributed by atoms with Gasteiger partial charge >= 0.3 is 0 Å². The molecule has 12 rings (SSSR count). The number of nitrogens with zero attached hydrogens (tertiary/aromatic N) is 9. The summed E-state index contributed by atoms with van der Waals surface area (Å²) in [5, 5.41) is 22.3. The Morgan fingerprint density at radius 3 is 1.46 bits per heavy atom. The molecular formula is C61H66BCl12N14O9. The minimum Gasteiger partial charge on any atom is -0.411 e. The fraction of sp³-hybridized carbons (Fsp3) is 0.295. The number of halogens is 12. The Hall–Kier alpha value is -5.37. The first-order chi connectivity index (χ1) is 49.1. The van der Waals surface area contributed by atoms with Crippen molar-refractivity contribution in [1.82, 2.24) is 48.8 Å². The van der Waals surface area contributed by atoms with Crippen molar-refractivity contribution in [3.8, 4) is 0 Å². The van der Waals surface area contributed by atoms with E-state index in [1.807, 2.05) is 4.57 Å². The minimum absolute atomic E-state index is 0. The summed E-state index contributed by atoms with van der Waals surface area (Å²) in [5.74, 6) is 3.70. The lowest BCUT2D eigenvalue weighted by Gasteiger charge is -2.26. The van der Waals surface area contributed by atoms with E-state index in [9.17, 15) is 19.2 Å². The summed E-state index contributed by atoms with van der Waals surface area (Å²) in [4.78, 5) is 71.5. The molecule has 3 fully saturated rings. The molecule has 97 heavy (non-hydrogen) atoms. The van der Waals surface area contributed by atoms with Gasteiger partial charge in [-0.2, -0.15) is 9.97 Å². The van der Waals surface area contributed by atoms with Crippen LogP contribution in [0.3, 0.4) is 0 Å². The maximum absolute atomic E-state index is 12.6. The second-order valence-corrected chi connectivity index (χ2v) is 23.3. The van der Waals surface area contributed by atoms with Gasteiger partial charge in [-0.1, -0.05) is 151 Å². The van der Waals surface area contributed by atoms with Crippen LogP contribution in [0, 0.1) is 0 Å². The monoisotopic (exact) mass is 1580 g/mol. The molecule has 3 saturated heterocycles. The summed E-state index contributed by atoms with van der Waals surface area (Å²) in [5.41, 5.74) is 7.76. The Kier molecular flexibility index (Phi) is 35.2. The van der Waals surface area contributed by atoms with E-state index in [0.717, 1.165) is 91.4 Å². The van der Waals surface area contributed by atoms with Crippen molar-refractivity contribution >= 4 is 195 Å². The van der Waals surface area contributed by atoms with Gasteiger partial charge in [0.15, 0.2) is 22.3 Å². The van der Waals surface area contributed by atoms with Gasteiger partial charge in [0.25, 0.3) is 11.1 Å². The third-order valence-corrected chi connectivity index (χ3v) is 16.3. The molecule has 3 radical (unpaired) electrons. The summed E-state index contributed by atoms with van der Waals surface area (Å²) in [6, 6.07) is 9.92. The van der Waals surface area contributed by atoms with Crippen LogP contribution in [0.1, 0.15) is 61.2 Å². The molecule has 7 heterocycles. The first-order valence-corrected chi connectivity index (χ1v) is 32.0. The van der Waals surface area contributed by atoms with Crippen LogP contribution in [0.25, 0.3) is 22.3 Å². The maximum atomic E-state index is 12.6. The van der Waals surface area contributed by atoms with Crippen molar-refractivity contribution in [1.29, 1.82) is 0 Å². The summed E-state index contributed by atoms with van der Waals surface area (Å²) >= 11 is 62.5. The van der Waals surface area contributed by atoms with Crippen LogP contribution < -0.4 is 28.1 Å². The molecule has 0 aliphatic carbocycles. The van der Waals surface area contributed by atoms with E-state index >= 15 is 0 Å². The zero-order valence-electron chi connectivity index (χ0n) is 58.7. The normalized spacial score (nSPS) is 14.4. The summed E-state index contributed by atoms with van der Waals surface area (Å²) in [6.45, 7) is 11.8. The molecule has 9 N–H and O–H groups in total. The van der Waals surface area contributed by atoms with Crippen molar-refractivity contribution in [2.45, 2.75) is 39.0 Å². The Labute approximate surface area is 632 Å². The lowest BCUT2D eigenvalue weighted by molar-refractivity contribution is 0.0364. The van der Waals surface area contributed by atoms with Crippen LogP contribution in [0.4, 0.5) is 5.95 Å². The summed E-state index contributed by atoms with van der Waals surface area (Å²) in [6.07, 6.45) is 7.92. The first kappa shape index (κ1) is 72.9. The van der Waals surface area contributed by atoms with Crippen molar-refractivity contribution in [3.05, 3.63) is 207 Å². The fourth-order valence-electron chi connectivity index (χ4n) is 7.90. The fourth-order valence-corrected chi connectivity index (χ4v) is 9.43. The highest BCUT2D eigenvalue weighted by molar-refractivity contribution is 6.44. The number of benzene rings is 5. The van der Waals surface area contributed by atoms with Gasteiger partial charge in [0.05, 0.1) is 106 Å². The third kappa shape index (κ3) is 29.8. The molecule has 3 aliphatic rings. The molecule has 521 valence electrons. The van der Waals surface area contributed by atoms with Crippen LogP contribution in [0.2, 0.25) is 55.5 Å². The highest BCUT2D eigenvalue weighted by Gasteiger charge is 2.16. The van der Waals surface area contributed by atoms with Crippen molar-refractivity contribution in [3.63, 3.8) is 0 Å². The van der Waals surface area contributed by atoms with E-state index in [-0.39, 0.29) is 156 Å². The molecule has 3 aliphatic heterocycles. The highest BCUT2D eigenvalue weighted by atomic mass is 35.5. The molecule has 0 atom stereocenters. The number of oxime groups is 1. The van der Waals surface area contributed by atoms with E-state index in [4.69, 9.17) is 169 Å². The zero-order valence-corrected chi connectivity index (χ0v) is 59.9. The average molecular weight is 1580 g/mol. The highest BCUT2D eigenvalue weighted by Crippen LogP contribution is 2.26. The summed E-state index contributed by atoms with van der Waals surface area (Å²) < 4.78 is 79.5. The zero-order chi connectivity index (χ0) is 76.2. The molecule has 4 aromatic heterocycles. The van der Waals surface area contributed by atoms with Gasteiger partial charge in [-0.15, -0.1) is 12.4 Å². The van der Waals surface area contributed by atoms with Crippen LogP contribution >= 0.6 is 140 Å². The average Bonchev–Trinajstić information content (AvgIpc) is 1.62. The predicted molar refractivity (Wildman–Crippen MR) is 393 cm³/mol. The van der Waals surface area contributed by atoms with Gasteiger partial charge in [-0.05, 0) is 102 Å². The summed E-state index contributed by atoms with van der Waals surface area (Å²) in [7, 11) is 0. The molecule has 5 aromatic carbocycles. The number of anilines is 1. The second-order valence-electron chi connectivity index (χ2n) is 19.0. The number of hydrogen-bond donors (Lipinski definition) is 7. The molecule has 0 spiro atoms. The van der Waals surface area contributed by atoms with Gasteiger partial charge in [0.1, 0.15) is 12.6 Å². The van der Waals surface area contributed by atoms with Crippen molar-refractivity contribution in [2.24, 2.45) is 16.8 Å². The standard InChI is InChI=1S/C18H20Cl2N6O2.C11H14ClN5O2.C7H5Cl2NO.C7H7Cl2N.2C7H4Cl2O.C4H8O.B.ClH.H3NO/c19-13-2-1-12(9-14(13)20)10-21-18-23-16-15(17(27)24-18)26(11-22-16)4-3-25-5-7-28-8-6-25;12-11-14-9-8(10(18)15-11)17(7-13-9)2-1-16-3-5-19-6-4-16;8-6-2-1-5(4-10-11)3-7(6)9;3*8-6-2-1-5(4-10)3-7(6)9;1-2-4-5-3-1;;;1-2/h1-2,9,11H,3-8,10H2,(H2,21,23,24,27);7H,1-6H2,(H,14,15,18);1-4,11H;1-3H,4,10H2;2*1-4H;1-4H2;;1H;2H,1H2/b;;10-4+;;;;;;;/i1D,9D;;3*1D,3D;;;;;. The van der Waals surface area contributed by atoms with Gasteiger partial charge in [0, 0.05) is 98.2 Å². The lowest BCUT2D eigenvalue weighted by atomic mass is 10.2. The number of aldehydes is 2. The van der Waals surface area contributed by atoms with E-state index in [1.165, 1.54) is 43.2 Å². The van der Waals surface area contributed by atoms with E-state index in [1.54, 1.807) is 29.4 Å². The largest absolute Gasteiger partial charge is 0.411 e. The number of aromatic amines is 2. The molecule has 0 amide bonds. The Morgan fingerprint density at radius 2 is 0.990 bits per heavy atom. The number of H-pyrrole nitrogens is 2. The van der Waals surface area contributed by atoms with Gasteiger partial charge in [-0.25, -0.2) is 15.9 Å². The van der Waals surface area contributed by atoms with Crippen molar-refractivity contribution < 1.29 is 45.2 Å². The lowest BCUT2D eigenvalue weighted by Crippen LogP contribution is -2.38. The number of aromatic nitrogens is 8. The van der Waals surface area contributed by atoms with Gasteiger partial charge in [0.2, 0.25) is 11.2 Å². The molecule has 0 saturated carbocycles. The number of fused-ring (bicyclic) bond motifs is 2. The Morgan fingerprint density at radius 1 is 0.557 bits per heavy atom. The first-order valence-electron chi connectivity index (χ1n) is 31.9. The number of nitrogens with one attached hydrogen (secondary N) is 3. The second kappa shape index (κ2) is 46.9.